The van der Waals surface area contributed by atoms with Crippen molar-refractivity contribution in [2.45, 2.75) is 38.3 Å². The quantitative estimate of drug-likeness (QED) is 0.787. The Kier molecular flexibility index (Phi) is 5.06. The number of nitrogens with one attached hydrogen (secondary N) is 1. The lowest BCUT2D eigenvalue weighted by Gasteiger charge is -2.56. The summed E-state index contributed by atoms with van der Waals surface area (Å²) in [5.74, 6) is -0.0329. The first kappa shape index (κ1) is 18.9. The predicted octanol–water partition coefficient (Wildman–Crippen LogP) is 4.72. The van der Waals surface area contributed by atoms with E-state index in [1.807, 2.05) is 0 Å². The normalized spacial score (nSPS) is 27.1. The molecule has 3 saturated heterocycles. The molecule has 3 fully saturated rings. The van der Waals surface area contributed by atoms with Gasteiger partial charge in [0.2, 0.25) is 0 Å². The molecule has 1 N–H and O–H groups in total. The van der Waals surface area contributed by atoms with Crippen molar-refractivity contribution in [3.8, 4) is 0 Å². The van der Waals surface area contributed by atoms with Crippen LogP contribution in [0, 0.1) is 11.7 Å². The van der Waals surface area contributed by atoms with Crippen LogP contribution >= 0.6 is 35.3 Å². The molecule has 0 aliphatic carbocycles. The Morgan fingerprint density at radius 1 is 1.36 bits per heavy atom. The Labute approximate surface area is 161 Å². The summed E-state index contributed by atoms with van der Waals surface area (Å²) in [5, 5.41) is 4.04. The number of piperidine rings is 3. The zero-order valence-electron chi connectivity index (χ0n) is 14.1. The fourth-order valence-electron chi connectivity index (χ4n) is 4.25. The highest BCUT2D eigenvalue weighted by molar-refractivity contribution is 7.20. The third-order valence-corrected chi connectivity index (χ3v) is 7.11. The first-order chi connectivity index (χ1) is 11.4. The Hall–Kier alpha value is -0.880. The maximum Gasteiger partial charge on any atom is 0.261 e. The molecule has 1 amide bonds. The molecule has 7 heteroatoms. The molecule has 3 aliphatic heterocycles. The molecule has 1 aromatic carbocycles. The molecule has 5 rings (SSSR count). The van der Waals surface area contributed by atoms with Gasteiger partial charge in [0.15, 0.2) is 5.82 Å². The van der Waals surface area contributed by atoms with Gasteiger partial charge in [-0.05, 0) is 63.2 Å². The van der Waals surface area contributed by atoms with Crippen molar-refractivity contribution in [1.29, 1.82) is 0 Å². The first-order valence-corrected chi connectivity index (χ1v) is 9.51. The third-order valence-electron chi connectivity index (χ3n) is 5.68. The largest absolute Gasteiger partial charge is 0.346 e. The topological polar surface area (TPSA) is 32.3 Å². The van der Waals surface area contributed by atoms with Crippen molar-refractivity contribution in [2.75, 3.05) is 13.1 Å². The van der Waals surface area contributed by atoms with Crippen LogP contribution in [0.4, 0.5) is 4.39 Å². The van der Waals surface area contributed by atoms with Gasteiger partial charge >= 0.3 is 0 Å². The van der Waals surface area contributed by atoms with Crippen molar-refractivity contribution < 1.29 is 9.18 Å². The van der Waals surface area contributed by atoms with Gasteiger partial charge < -0.3 is 5.32 Å². The number of halogens is 3. The van der Waals surface area contributed by atoms with Gasteiger partial charge in [-0.2, -0.15) is 0 Å². The molecule has 0 saturated carbocycles. The van der Waals surface area contributed by atoms with Crippen LogP contribution in [-0.2, 0) is 0 Å². The monoisotopic (exact) mass is 402 g/mol. The predicted molar refractivity (Wildman–Crippen MR) is 104 cm³/mol. The molecule has 3 aliphatic rings. The van der Waals surface area contributed by atoms with E-state index in [4.69, 9.17) is 11.6 Å². The Bertz CT molecular complexity index is 815. The number of nitrogens with zero attached hydrogens (tertiary/aromatic N) is 1. The van der Waals surface area contributed by atoms with Gasteiger partial charge in [0.1, 0.15) is 0 Å². The SMILES string of the molecule is CC1(C)C(NC(=O)c2cc3ccc(Cl)c(F)c3s2)C2CCN1CC2.Cl. The first-order valence-electron chi connectivity index (χ1n) is 8.31. The number of rotatable bonds is 2. The second-order valence-electron chi connectivity index (χ2n) is 7.32. The Morgan fingerprint density at radius 3 is 2.68 bits per heavy atom. The fourth-order valence-corrected chi connectivity index (χ4v) is 5.46. The lowest BCUT2D eigenvalue weighted by molar-refractivity contribution is -0.0377. The summed E-state index contributed by atoms with van der Waals surface area (Å²) >= 11 is 7.01. The molecule has 2 bridgehead atoms. The van der Waals surface area contributed by atoms with E-state index in [-0.39, 0.29) is 34.9 Å². The van der Waals surface area contributed by atoms with Crippen molar-refractivity contribution >= 4 is 51.3 Å². The maximum absolute atomic E-state index is 14.1. The molecule has 136 valence electrons. The summed E-state index contributed by atoms with van der Waals surface area (Å²) in [4.78, 5) is 15.8. The van der Waals surface area contributed by atoms with Gasteiger partial charge in [-0.25, -0.2) is 4.39 Å². The molecule has 4 heterocycles. The Balaban J connectivity index is 0.00000182. The van der Waals surface area contributed by atoms with E-state index in [1.165, 1.54) is 17.4 Å². The molecule has 1 unspecified atom stereocenters. The van der Waals surface area contributed by atoms with E-state index in [0.29, 0.717) is 15.5 Å². The molecular formula is C18H21Cl2FN2OS. The number of amides is 1. The number of carbonyl (C=O) groups excluding carboxylic acids is 1. The molecule has 3 nitrogen and oxygen atoms in total. The van der Waals surface area contributed by atoms with Gasteiger partial charge in [0, 0.05) is 11.6 Å². The molecule has 1 atom stereocenters. The lowest BCUT2D eigenvalue weighted by Crippen LogP contribution is -2.69. The standard InChI is InChI=1S/C18H20ClFN2OS.ClH/c1-18(2)16(10-5-7-22(18)8-6-10)21-17(23)13-9-11-3-4-12(19)14(20)15(11)24-13;/h3-4,9-10,16H,5-8H2,1-2H3,(H,21,23);1H. The highest BCUT2D eigenvalue weighted by Gasteiger charge is 2.48. The summed E-state index contributed by atoms with van der Waals surface area (Å²) in [6.45, 7) is 6.62. The molecule has 2 aromatic rings. The van der Waals surface area contributed by atoms with Crippen LogP contribution in [0.2, 0.25) is 5.02 Å². The number of thiophene rings is 1. The fraction of sp³-hybridized carbons (Fsp3) is 0.500. The van der Waals surface area contributed by atoms with E-state index in [0.717, 1.165) is 31.3 Å². The van der Waals surface area contributed by atoms with Crippen LogP contribution in [0.3, 0.4) is 0 Å². The number of fused-ring (bicyclic) bond motifs is 4. The van der Waals surface area contributed by atoms with Crippen LogP contribution in [0.25, 0.3) is 10.1 Å². The third kappa shape index (κ3) is 3.05. The van der Waals surface area contributed by atoms with E-state index in [9.17, 15) is 9.18 Å². The van der Waals surface area contributed by atoms with Crippen LogP contribution in [0.15, 0.2) is 18.2 Å². The number of carbonyl (C=O) groups is 1. The average Bonchev–Trinajstić information content (AvgIpc) is 3.00. The second kappa shape index (κ2) is 6.69. The van der Waals surface area contributed by atoms with E-state index >= 15 is 0 Å². The minimum Gasteiger partial charge on any atom is -0.346 e. The minimum atomic E-state index is -0.443. The van der Waals surface area contributed by atoms with Crippen molar-refractivity contribution in [3.05, 3.63) is 33.9 Å². The summed E-state index contributed by atoms with van der Waals surface area (Å²) in [6.07, 6.45) is 2.26. The van der Waals surface area contributed by atoms with Gasteiger partial charge in [0.05, 0.1) is 14.6 Å². The van der Waals surface area contributed by atoms with Crippen molar-refractivity contribution in [3.63, 3.8) is 0 Å². The van der Waals surface area contributed by atoms with Crippen LogP contribution in [0.5, 0.6) is 0 Å². The smallest absolute Gasteiger partial charge is 0.261 e. The molecule has 0 spiro atoms. The molecule has 25 heavy (non-hydrogen) atoms. The summed E-state index contributed by atoms with van der Waals surface area (Å²) < 4.78 is 14.6. The highest BCUT2D eigenvalue weighted by atomic mass is 35.5. The van der Waals surface area contributed by atoms with Gasteiger partial charge in [0.25, 0.3) is 5.91 Å². The Morgan fingerprint density at radius 2 is 2.04 bits per heavy atom. The zero-order valence-corrected chi connectivity index (χ0v) is 16.5. The van der Waals surface area contributed by atoms with Gasteiger partial charge in [-0.3, -0.25) is 9.69 Å². The van der Waals surface area contributed by atoms with E-state index in [1.54, 1.807) is 12.1 Å². The molecular weight excluding hydrogens is 382 g/mol. The average molecular weight is 403 g/mol. The number of benzene rings is 1. The van der Waals surface area contributed by atoms with Crippen LogP contribution in [0.1, 0.15) is 36.4 Å². The second-order valence-corrected chi connectivity index (χ2v) is 8.78. The lowest BCUT2D eigenvalue weighted by atomic mass is 9.72. The van der Waals surface area contributed by atoms with E-state index in [2.05, 4.69) is 24.1 Å². The van der Waals surface area contributed by atoms with Gasteiger partial charge in [-0.1, -0.05) is 17.7 Å². The van der Waals surface area contributed by atoms with Crippen LogP contribution < -0.4 is 5.32 Å². The van der Waals surface area contributed by atoms with E-state index < -0.39 is 5.82 Å². The summed E-state index contributed by atoms with van der Waals surface area (Å²) in [7, 11) is 0. The number of hydrogen-bond acceptors (Lipinski definition) is 3. The maximum atomic E-state index is 14.1. The summed E-state index contributed by atoms with van der Waals surface area (Å²) in [5.41, 5.74) is -0.0396. The van der Waals surface area contributed by atoms with Crippen LogP contribution in [-0.4, -0.2) is 35.5 Å². The van der Waals surface area contributed by atoms with Crippen molar-refractivity contribution in [1.82, 2.24) is 10.2 Å². The number of hydrogen-bond donors (Lipinski definition) is 1. The molecule has 0 radical (unpaired) electrons. The van der Waals surface area contributed by atoms with Crippen molar-refractivity contribution in [2.24, 2.45) is 5.92 Å². The zero-order chi connectivity index (χ0) is 17.1. The minimum absolute atomic E-state index is 0. The van der Waals surface area contributed by atoms with Gasteiger partial charge in [-0.15, -0.1) is 23.7 Å². The summed E-state index contributed by atoms with van der Waals surface area (Å²) in [6, 6.07) is 5.17. The highest BCUT2D eigenvalue weighted by Crippen LogP contribution is 2.39. The molecule has 1 aromatic heterocycles.